The average molecular weight is 260 g/mol. The average Bonchev–Trinajstić information content (AvgIpc) is 2.46. The van der Waals surface area contributed by atoms with Gasteiger partial charge in [0.05, 0.1) is 12.9 Å². The van der Waals surface area contributed by atoms with Crippen molar-refractivity contribution >= 4 is 17.7 Å². The van der Waals surface area contributed by atoms with Crippen LogP contribution in [0.5, 0.6) is 0 Å². The molecular formula is C13H12N2O2S. The largest absolute Gasteiger partial charge is 0.468 e. The molecule has 0 aliphatic carbocycles. The smallest absolute Gasteiger partial charge is 0.316 e. The molecule has 92 valence electrons. The van der Waals surface area contributed by atoms with Crippen LogP contribution in [0.1, 0.15) is 0 Å². The van der Waals surface area contributed by atoms with Gasteiger partial charge < -0.3 is 4.74 Å². The van der Waals surface area contributed by atoms with Crippen LogP contribution in [0.2, 0.25) is 0 Å². The molecule has 0 N–H and O–H groups in total. The Morgan fingerprint density at radius 3 is 2.78 bits per heavy atom. The molecule has 18 heavy (non-hydrogen) atoms. The number of thioether (sulfide) groups is 1. The Labute approximate surface area is 109 Å². The lowest BCUT2D eigenvalue weighted by Gasteiger charge is -2.03. The number of aromatic nitrogens is 2. The zero-order valence-corrected chi connectivity index (χ0v) is 10.7. The summed E-state index contributed by atoms with van der Waals surface area (Å²) in [7, 11) is 1.37. The third-order valence-corrected chi connectivity index (χ3v) is 3.13. The fraction of sp³-hybridized carbons (Fsp3) is 0.154. The summed E-state index contributed by atoms with van der Waals surface area (Å²) in [6.07, 6.45) is 1.69. The maximum absolute atomic E-state index is 11.1. The summed E-state index contributed by atoms with van der Waals surface area (Å²) in [5, 5.41) is 0.759. The van der Waals surface area contributed by atoms with E-state index in [4.69, 9.17) is 0 Å². The predicted molar refractivity (Wildman–Crippen MR) is 70.2 cm³/mol. The number of methoxy groups -OCH3 is 1. The molecule has 0 saturated carbocycles. The third-order valence-electron chi connectivity index (χ3n) is 2.23. The van der Waals surface area contributed by atoms with Crippen LogP contribution in [0.15, 0.2) is 47.6 Å². The zero-order chi connectivity index (χ0) is 12.8. The summed E-state index contributed by atoms with van der Waals surface area (Å²) in [5.74, 6) is 0.646. The van der Waals surface area contributed by atoms with Crippen LogP contribution in [-0.4, -0.2) is 28.8 Å². The van der Waals surface area contributed by atoms with E-state index in [-0.39, 0.29) is 11.7 Å². The van der Waals surface area contributed by atoms with E-state index in [1.807, 2.05) is 30.3 Å². The maximum Gasteiger partial charge on any atom is 0.316 e. The SMILES string of the molecule is COC(=O)CSc1ccnc(-c2ccccc2)n1. The second kappa shape index (κ2) is 6.16. The highest BCUT2D eigenvalue weighted by Crippen LogP contribution is 2.19. The van der Waals surface area contributed by atoms with Crippen molar-refractivity contribution in [3.63, 3.8) is 0 Å². The molecule has 1 aromatic carbocycles. The van der Waals surface area contributed by atoms with E-state index in [1.54, 1.807) is 12.3 Å². The van der Waals surface area contributed by atoms with Crippen LogP contribution < -0.4 is 0 Å². The van der Waals surface area contributed by atoms with Crippen LogP contribution in [0.3, 0.4) is 0 Å². The number of benzene rings is 1. The summed E-state index contributed by atoms with van der Waals surface area (Å²) in [5.41, 5.74) is 0.956. The lowest BCUT2D eigenvalue weighted by atomic mass is 10.2. The van der Waals surface area contributed by atoms with Crippen molar-refractivity contribution in [1.82, 2.24) is 9.97 Å². The summed E-state index contributed by atoms with van der Waals surface area (Å²) in [6.45, 7) is 0. The van der Waals surface area contributed by atoms with E-state index < -0.39 is 0 Å². The first-order chi connectivity index (χ1) is 8.79. The molecular weight excluding hydrogens is 248 g/mol. The van der Waals surface area contributed by atoms with Gasteiger partial charge in [-0.3, -0.25) is 4.79 Å². The molecule has 0 radical (unpaired) electrons. The Hall–Kier alpha value is -1.88. The molecule has 2 aromatic rings. The van der Waals surface area contributed by atoms with Crippen molar-refractivity contribution in [2.24, 2.45) is 0 Å². The van der Waals surface area contributed by atoms with E-state index in [0.29, 0.717) is 5.82 Å². The van der Waals surface area contributed by atoms with Crippen molar-refractivity contribution in [2.75, 3.05) is 12.9 Å². The van der Waals surface area contributed by atoms with Gasteiger partial charge in [-0.05, 0) is 6.07 Å². The molecule has 2 rings (SSSR count). The van der Waals surface area contributed by atoms with Gasteiger partial charge in [-0.1, -0.05) is 42.1 Å². The van der Waals surface area contributed by atoms with E-state index >= 15 is 0 Å². The molecule has 4 nitrogen and oxygen atoms in total. The Morgan fingerprint density at radius 1 is 1.28 bits per heavy atom. The second-order valence-corrected chi connectivity index (χ2v) is 4.44. The van der Waals surface area contributed by atoms with Gasteiger partial charge in [-0.25, -0.2) is 9.97 Å². The zero-order valence-electron chi connectivity index (χ0n) is 9.87. The molecule has 1 aromatic heterocycles. The van der Waals surface area contributed by atoms with Crippen molar-refractivity contribution in [3.05, 3.63) is 42.6 Å². The van der Waals surface area contributed by atoms with Gasteiger partial charge in [0.15, 0.2) is 5.82 Å². The van der Waals surface area contributed by atoms with Gasteiger partial charge in [0.2, 0.25) is 0 Å². The minimum absolute atomic E-state index is 0.252. The van der Waals surface area contributed by atoms with Crippen LogP contribution in [0.25, 0.3) is 11.4 Å². The number of ether oxygens (including phenoxy) is 1. The Balaban J connectivity index is 2.13. The van der Waals surface area contributed by atoms with Gasteiger partial charge in [-0.2, -0.15) is 0 Å². The van der Waals surface area contributed by atoms with Gasteiger partial charge >= 0.3 is 5.97 Å². The van der Waals surface area contributed by atoms with E-state index in [9.17, 15) is 4.79 Å². The molecule has 0 aliphatic rings. The quantitative estimate of drug-likeness (QED) is 0.480. The first kappa shape index (κ1) is 12.6. The topological polar surface area (TPSA) is 52.1 Å². The number of rotatable bonds is 4. The van der Waals surface area contributed by atoms with Crippen molar-refractivity contribution in [1.29, 1.82) is 0 Å². The number of carbonyl (C=O) groups is 1. The highest BCUT2D eigenvalue weighted by atomic mass is 32.2. The summed E-state index contributed by atoms with van der Waals surface area (Å²) in [6, 6.07) is 11.5. The fourth-order valence-electron chi connectivity index (χ4n) is 1.34. The summed E-state index contributed by atoms with van der Waals surface area (Å²) >= 11 is 1.34. The van der Waals surface area contributed by atoms with Crippen LogP contribution in [-0.2, 0) is 9.53 Å². The Morgan fingerprint density at radius 2 is 2.06 bits per heavy atom. The molecule has 0 spiro atoms. The van der Waals surface area contributed by atoms with E-state index in [0.717, 1.165) is 10.6 Å². The molecule has 0 aliphatic heterocycles. The lowest BCUT2D eigenvalue weighted by Crippen LogP contribution is -2.03. The standard InChI is InChI=1S/C13H12N2O2S/c1-17-12(16)9-18-11-7-8-14-13(15-11)10-5-3-2-4-6-10/h2-8H,9H2,1H3. The molecule has 0 saturated heterocycles. The van der Waals surface area contributed by atoms with Gasteiger partial charge in [0.1, 0.15) is 5.03 Å². The lowest BCUT2D eigenvalue weighted by molar-refractivity contribution is -0.137. The molecule has 0 unspecified atom stereocenters. The molecule has 0 fully saturated rings. The molecule has 0 atom stereocenters. The van der Waals surface area contributed by atoms with Gasteiger partial charge in [0.25, 0.3) is 0 Å². The maximum atomic E-state index is 11.1. The number of esters is 1. The number of hydrogen-bond donors (Lipinski definition) is 0. The highest BCUT2D eigenvalue weighted by Gasteiger charge is 2.05. The van der Waals surface area contributed by atoms with E-state index in [1.165, 1.54) is 18.9 Å². The number of hydrogen-bond acceptors (Lipinski definition) is 5. The normalized spacial score (nSPS) is 10.1. The van der Waals surface area contributed by atoms with Crippen molar-refractivity contribution < 1.29 is 9.53 Å². The van der Waals surface area contributed by atoms with Crippen LogP contribution >= 0.6 is 11.8 Å². The van der Waals surface area contributed by atoms with Crippen molar-refractivity contribution in [3.8, 4) is 11.4 Å². The Bertz CT molecular complexity index is 532. The first-order valence-corrected chi connectivity index (χ1v) is 6.36. The minimum atomic E-state index is -0.264. The molecule has 0 amide bonds. The number of nitrogens with zero attached hydrogens (tertiary/aromatic N) is 2. The van der Waals surface area contributed by atoms with Crippen LogP contribution in [0.4, 0.5) is 0 Å². The molecule has 0 bridgehead atoms. The first-order valence-electron chi connectivity index (χ1n) is 5.37. The van der Waals surface area contributed by atoms with Gasteiger partial charge in [0, 0.05) is 11.8 Å². The second-order valence-electron chi connectivity index (χ2n) is 3.45. The van der Waals surface area contributed by atoms with Crippen molar-refractivity contribution in [2.45, 2.75) is 5.03 Å². The summed E-state index contributed by atoms with van der Waals surface area (Å²) in [4.78, 5) is 19.7. The Kier molecular flexibility index (Phi) is 4.30. The van der Waals surface area contributed by atoms with E-state index in [2.05, 4.69) is 14.7 Å². The van der Waals surface area contributed by atoms with Crippen LogP contribution in [0, 0.1) is 0 Å². The highest BCUT2D eigenvalue weighted by molar-refractivity contribution is 7.99. The number of carbonyl (C=O) groups excluding carboxylic acids is 1. The third kappa shape index (κ3) is 3.30. The predicted octanol–water partition coefficient (Wildman–Crippen LogP) is 2.41. The molecule has 5 heteroatoms. The summed E-state index contributed by atoms with van der Waals surface area (Å²) < 4.78 is 4.58. The minimum Gasteiger partial charge on any atom is -0.468 e. The fourth-order valence-corrected chi connectivity index (χ4v) is 2.03. The van der Waals surface area contributed by atoms with Gasteiger partial charge in [-0.15, -0.1) is 0 Å². The molecule has 1 heterocycles. The monoisotopic (exact) mass is 260 g/mol.